The third-order valence-corrected chi connectivity index (χ3v) is 4.47. The summed E-state index contributed by atoms with van der Waals surface area (Å²) < 4.78 is 11.1. The molecule has 0 saturated carbocycles. The fourth-order valence-corrected chi connectivity index (χ4v) is 3.10. The maximum atomic E-state index is 12.6. The Morgan fingerprint density at radius 1 is 1.08 bits per heavy atom. The van der Waals surface area contributed by atoms with Crippen molar-refractivity contribution >= 4 is 17.5 Å². The lowest BCUT2D eigenvalue weighted by molar-refractivity contribution is -0.131. The van der Waals surface area contributed by atoms with Gasteiger partial charge in [-0.2, -0.15) is 0 Å². The fraction of sp³-hybridized carbons (Fsp3) is 0.350. The number of nitrogens with zero attached hydrogens (tertiary/aromatic N) is 1. The number of amides is 1. The normalized spacial score (nSPS) is 12.7. The molecule has 3 rings (SSSR count). The van der Waals surface area contributed by atoms with Crippen molar-refractivity contribution in [3.8, 4) is 11.5 Å². The number of fused-ring (bicyclic) bond motifs is 1. The summed E-state index contributed by atoms with van der Waals surface area (Å²) in [7, 11) is 0. The average Bonchev–Trinajstić information content (AvgIpc) is 2.64. The quantitative estimate of drug-likeness (QED) is 0.779. The second kappa shape index (κ2) is 8.26. The van der Waals surface area contributed by atoms with Gasteiger partial charge in [-0.05, 0) is 48.7 Å². The van der Waals surface area contributed by atoms with Gasteiger partial charge in [-0.25, -0.2) is 0 Å². The summed E-state index contributed by atoms with van der Waals surface area (Å²) in [6, 6.07) is 13.5. The van der Waals surface area contributed by atoms with Crippen molar-refractivity contribution in [2.75, 3.05) is 19.8 Å². The highest BCUT2D eigenvalue weighted by molar-refractivity contribution is 6.30. The molecular formula is C20H22ClNO3. The number of aryl methyl sites for hydroxylation is 1. The van der Waals surface area contributed by atoms with E-state index in [-0.39, 0.29) is 5.91 Å². The van der Waals surface area contributed by atoms with Crippen LogP contribution in [0, 0.1) is 0 Å². The summed E-state index contributed by atoms with van der Waals surface area (Å²) in [5.74, 6) is 1.68. The van der Waals surface area contributed by atoms with Crippen molar-refractivity contribution in [1.29, 1.82) is 0 Å². The van der Waals surface area contributed by atoms with E-state index in [1.807, 2.05) is 54.3 Å². The Morgan fingerprint density at radius 2 is 1.88 bits per heavy atom. The van der Waals surface area contributed by atoms with Gasteiger partial charge in [0.15, 0.2) is 11.5 Å². The Hall–Kier alpha value is -2.20. The van der Waals surface area contributed by atoms with Crippen molar-refractivity contribution in [2.45, 2.75) is 26.3 Å². The molecule has 0 spiro atoms. The highest BCUT2D eigenvalue weighted by atomic mass is 35.5. The standard InChI is InChI=1S/C20H22ClNO3/c1-2-22(14-16-4-3-5-17(21)12-16)20(23)9-7-15-6-8-18-19(13-15)25-11-10-24-18/h3-6,8,12-13H,2,7,9-11,14H2,1H3. The minimum Gasteiger partial charge on any atom is -0.486 e. The summed E-state index contributed by atoms with van der Waals surface area (Å²) >= 11 is 6.02. The number of carbonyl (C=O) groups is 1. The van der Waals surface area contributed by atoms with E-state index < -0.39 is 0 Å². The van der Waals surface area contributed by atoms with Gasteiger partial charge >= 0.3 is 0 Å². The number of carbonyl (C=O) groups excluding carboxylic acids is 1. The molecule has 4 nitrogen and oxygen atoms in total. The van der Waals surface area contributed by atoms with Crippen molar-refractivity contribution in [1.82, 2.24) is 4.90 Å². The van der Waals surface area contributed by atoms with Crippen LogP contribution < -0.4 is 9.47 Å². The van der Waals surface area contributed by atoms with E-state index in [2.05, 4.69) is 0 Å². The summed E-state index contributed by atoms with van der Waals surface area (Å²) in [6.45, 7) is 4.40. The lowest BCUT2D eigenvalue weighted by Gasteiger charge is -2.22. The first-order valence-corrected chi connectivity index (χ1v) is 8.94. The van der Waals surface area contributed by atoms with Gasteiger partial charge in [0.25, 0.3) is 0 Å². The van der Waals surface area contributed by atoms with E-state index >= 15 is 0 Å². The van der Waals surface area contributed by atoms with Crippen molar-refractivity contribution in [2.24, 2.45) is 0 Å². The highest BCUT2D eigenvalue weighted by Crippen LogP contribution is 2.31. The van der Waals surface area contributed by atoms with Crippen LogP contribution >= 0.6 is 11.6 Å². The first-order valence-electron chi connectivity index (χ1n) is 8.56. The van der Waals surface area contributed by atoms with Crippen molar-refractivity contribution in [3.05, 3.63) is 58.6 Å². The Labute approximate surface area is 153 Å². The number of hydrogen-bond donors (Lipinski definition) is 0. The second-order valence-corrected chi connectivity index (χ2v) is 6.45. The largest absolute Gasteiger partial charge is 0.486 e. The van der Waals surface area contributed by atoms with Gasteiger partial charge < -0.3 is 14.4 Å². The zero-order valence-corrected chi connectivity index (χ0v) is 15.1. The number of hydrogen-bond acceptors (Lipinski definition) is 3. The maximum Gasteiger partial charge on any atom is 0.223 e. The van der Waals surface area contributed by atoms with Gasteiger partial charge in [0, 0.05) is 24.5 Å². The van der Waals surface area contributed by atoms with Crippen LogP contribution in [0.4, 0.5) is 0 Å². The Morgan fingerprint density at radius 3 is 2.64 bits per heavy atom. The Bertz CT molecular complexity index is 747. The summed E-state index contributed by atoms with van der Waals surface area (Å²) in [5, 5.41) is 0.692. The Kier molecular flexibility index (Phi) is 5.82. The van der Waals surface area contributed by atoms with Crippen LogP contribution in [0.5, 0.6) is 11.5 Å². The van der Waals surface area contributed by atoms with Gasteiger partial charge in [-0.3, -0.25) is 4.79 Å². The zero-order valence-electron chi connectivity index (χ0n) is 14.3. The molecule has 0 saturated heterocycles. The van der Waals surface area contributed by atoms with Gasteiger partial charge in [0.1, 0.15) is 13.2 Å². The molecular weight excluding hydrogens is 338 g/mol. The third-order valence-electron chi connectivity index (χ3n) is 4.23. The number of rotatable bonds is 6. The van der Waals surface area contributed by atoms with Crippen LogP contribution in [-0.2, 0) is 17.8 Å². The molecule has 25 heavy (non-hydrogen) atoms. The third kappa shape index (κ3) is 4.67. The van der Waals surface area contributed by atoms with Crippen LogP contribution in [0.3, 0.4) is 0 Å². The molecule has 1 aliphatic heterocycles. The van der Waals surface area contributed by atoms with Gasteiger partial charge in [0.2, 0.25) is 5.91 Å². The lowest BCUT2D eigenvalue weighted by Crippen LogP contribution is -2.30. The first kappa shape index (κ1) is 17.6. The molecule has 0 radical (unpaired) electrons. The monoisotopic (exact) mass is 359 g/mol. The van der Waals surface area contributed by atoms with Crippen LogP contribution in [0.1, 0.15) is 24.5 Å². The SMILES string of the molecule is CCN(Cc1cccc(Cl)c1)C(=O)CCc1ccc2c(c1)OCCO2. The minimum absolute atomic E-state index is 0.136. The number of benzene rings is 2. The van der Waals surface area contributed by atoms with E-state index in [4.69, 9.17) is 21.1 Å². The predicted octanol–water partition coefficient (Wildman–Crippen LogP) is 4.09. The molecule has 0 aromatic heterocycles. The molecule has 0 bridgehead atoms. The average molecular weight is 360 g/mol. The molecule has 132 valence electrons. The Balaban J connectivity index is 1.58. The summed E-state index contributed by atoms with van der Waals surface area (Å²) in [5.41, 5.74) is 2.12. The first-order chi connectivity index (χ1) is 12.2. The maximum absolute atomic E-state index is 12.6. The molecule has 0 unspecified atom stereocenters. The molecule has 5 heteroatoms. The summed E-state index contributed by atoms with van der Waals surface area (Å²) in [4.78, 5) is 14.4. The fourth-order valence-electron chi connectivity index (χ4n) is 2.88. The topological polar surface area (TPSA) is 38.8 Å². The van der Waals surface area contributed by atoms with Crippen LogP contribution in [-0.4, -0.2) is 30.6 Å². The minimum atomic E-state index is 0.136. The zero-order chi connectivity index (χ0) is 17.6. The molecule has 0 N–H and O–H groups in total. The molecule has 1 amide bonds. The van der Waals surface area contributed by atoms with Gasteiger partial charge in [-0.1, -0.05) is 29.8 Å². The molecule has 0 aliphatic carbocycles. The van der Waals surface area contributed by atoms with Crippen molar-refractivity contribution < 1.29 is 14.3 Å². The van der Waals surface area contributed by atoms with E-state index in [1.54, 1.807) is 0 Å². The van der Waals surface area contributed by atoms with Crippen LogP contribution in [0.15, 0.2) is 42.5 Å². The molecule has 0 fully saturated rings. The van der Waals surface area contributed by atoms with Gasteiger partial charge in [0.05, 0.1) is 0 Å². The van der Waals surface area contributed by atoms with E-state index in [0.717, 1.165) is 22.6 Å². The van der Waals surface area contributed by atoms with E-state index in [1.165, 1.54) is 0 Å². The highest BCUT2D eigenvalue weighted by Gasteiger charge is 2.15. The lowest BCUT2D eigenvalue weighted by atomic mass is 10.1. The molecule has 2 aromatic carbocycles. The van der Waals surface area contributed by atoms with Crippen molar-refractivity contribution in [3.63, 3.8) is 0 Å². The smallest absolute Gasteiger partial charge is 0.223 e. The predicted molar refractivity (Wildman–Crippen MR) is 98.3 cm³/mol. The molecule has 1 aliphatic rings. The molecule has 0 atom stereocenters. The second-order valence-electron chi connectivity index (χ2n) is 6.02. The van der Waals surface area contributed by atoms with Crippen LogP contribution in [0.25, 0.3) is 0 Å². The van der Waals surface area contributed by atoms with E-state index in [9.17, 15) is 4.79 Å². The van der Waals surface area contributed by atoms with E-state index in [0.29, 0.717) is 44.2 Å². The number of ether oxygens (including phenoxy) is 2. The van der Waals surface area contributed by atoms with Gasteiger partial charge in [-0.15, -0.1) is 0 Å². The van der Waals surface area contributed by atoms with Crippen LogP contribution in [0.2, 0.25) is 5.02 Å². The molecule has 1 heterocycles. The number of halogens is 1. The molecule has 2 aromatic rings. The summed E-state index contributed by atoms with van der Waals surface area (Å²) in [6.07, 6.45) is 1.15.